The van der Waals surface area contributed by atoms with E-state index in [4.69, 9.17) is 0 Å². The van der Waals surface area contributed by atoms with Gasteiger partial charge < -0.3 is 9.88 Å². The van der Waals surface area contributed by atoms with E-state index in [-0.39, 0.29) is 18.5 Å². The van der Waals surface area contributed by atoms with Gasteiger partial charge in [-0.05, 0) is 19.2 Å². The molecule has 0 radical (unpaired) electrons. The topological polar surface area (TPSA) is 70.5 Å². The number of likely N-dealkylation sites (N-methyl/N-ethyl adjacent to an activating group) is 1. The molecule has 116 valence electrons. The van der Waals surface area contributed by atoms with Gasteiger partial charge in [0, 0.05) is 20.1 Å². The lowest BCUT2D eigenvalue weighted by Gasteiger charge is -2.19. The van der Waals surface area contributed by atoms with Gasteiger partial charge in [0.15, 0.2) is 0 Å². The molecule has 0 unspecified atom stereocenters. The molecule has 7 heteroatoms. The molecule has 3 amide bonds. The summed E-state index contributed by atoms with van der Waals surface area (Å²) < 4.78 is 2.03. The number of hydrogen-bond donors (Lipinski definition) is 1. The molecule has 1 N–H and O–H groups in total. The van der Waals surface area contributed by atoms with Crippen LogP contribution in [0.25, 0.3) is 11.0 Å². The van der Waals surface area contributed by atoms with E-state index in [1.165, 1.54) is 4.90 Å². The summed E-state index contributed by atoms with van der Waals surface area (Å²) in [7, 11) is 3.82. The van der Waals surface area contributed by atoms with Gasteiger partial charge in [0.1, 0.15) is 5.82 Å². The summed E-state index contributed by atoms with van der Waals surface area (Å²) in [6.07, 6.45) is 0. The van der Waals surface area contributed by atoms with Crippen molar-refractivity contribution in [1.29, 1.82) is 0 Å². The zero-order valence-electron chi connectivity index (χ0n) is 12.7. The van der Waals surface area contributed by atoms with Crippen LogP contribution in [-0.2, 0) is 18.4 Å². The summed E-state index contributed by atoms with van der Waals surface area (Å²) in [6.45, 7) is 1.71. The number of aryl methyl sites for hydroxylation is 1. The SMILES string of the molecule is CN(CC(=O)N1CCNC1=O)Cc1nc2ccccc2n1C. The molecule has 1 saturated heterocycles. The van der Waals surface area contributed by atoms with Crippen LogP contribution in [0.5, 0.6) is 0 Å². The summed E-state index contributed by atoms with van der Waals surface area (Å²) in [5.74, 6) is 0.707. The maximum Gasteiger partial charge on any atom is 0.324 e. The quantitative estimate of drug-likeness (QED) is 0.895. The molecule has 22 heavy (non-hydrogen) atoms. The summed E-state index contributed by atoms with van der Waals surface area (Å²) in [4.78, 5) is 31.3. The zero-order chi connectivity index (χ0) is 15.7. The van der Waals surface area contributed by atoms with Crippen LogP contribution in [0, 0.1) is 0 Å². The third-order valence-electron chi connectivity index (χ3n) is 3.85. The van der Waals surface area contributed by atoms with E-state index in [9.17, 15) is 9.59 Å². The Morgan fingerprint density at radius 2 is 2.18 bits per heavy atom. The largest absolute Gasteiger partial charge is 0.336 e. The van der Waals surface area contributed by atoms with Crippen molar-refractivity contribution >= 4 is 23.0 Å². The minimum atomic E-state index is -0.305. The van der Waals surface area contributed by atoms with Crippen LogP contribution >= 0.6 is 0 Å². The maximum absolute atomic E-state index is 12.1. The Morgan fingerprint density at radius 1 is 1.41 bits per heavy atom. The molecule has 2 heterocycles. The number of amides is 3. The van der Waals surface area contributed by atoms with Crippen LogP contribution in [0.1, 0.15) is 5.82 Å². The third kappa shape index (κ3) is 2.67. The first-order chi connectivity index (χ1) is 10.6. The second-order valence-electron chi connectivity index (χ2n) is 5.53. The van der Waals surface area contributed by atoms with E-state index in [2.05, 4.69) is 10.3 Å². The highest BCUT2D eigenvalue weighted by atomic mass is 16.2. The average molecular weight is 301 g/mol. The highest BCUT2D eigenvalue weighted by Gasteiger charge is 2.26. The second-order valence-corrected chi connectivity index (χ2v) is 5.53. The van der Waals surface area contributed by atoms with E-state index in [0.717, 1.165) is 16.9 Å². The monoisotopic (exact) mass is 301 g/mol. The van der Waals surface area contributed by atoms with Gasteiger partial charge in [-0.25, -0.2) is 9.78 Å². The number of benzene rings is 1. The molecule has 0 spiro atoms. The molecule has 0 saturated carbocycles. The maximum atomic E-state index is 12.1. The molecular weight excluding hydrogens is 282 g/mol. The Labute approximate surface area is 128 Å². The van der Waals surface area contributed by atoms with E-state index < -0.39 is 0 Å². The number of urea groups is 1. The molecule has 0 aliphatic carbocycles. The van der Waals surface area contributed by atoms with Crippen LogP contribution < -0.4 is 5.32 Å². The van der Waals surface area contributed by atoms with Gasteiger partial charge >= 0.3 is 6.03 Å². The minimum Gasteiger partial charge on any atom is -0.336 e. The molecule has 0 atom stereocenters. The van der Waals surface area contributed by atoms with Crippen molar-refractivity contribution < 1.29 is 9.59 Å². The zero-order valence-corrected chi connectivity index (χ0v) is 12.7. The summed E-state index contributed by atoms with van der Waals surface area (Å²) in [6, 6.07) is 7.62. The third-order valence-corrected chi connectivity index (χ3v) is 3.85. The Balaban J connectivity index is 1.68. The van der Waals surface area contributed by atoms with Crippen molar-refractivity contribution in [2.75, 3.05) is 26.7 Å². The van der Waals surface area contributed by atoms with Crippen molar-refractivity contribution in [2.45, 2.75) is 6.54 Å². The first-order valence-corrected chi connectivity index (χ1v) is 7.23. The smallest absolute Gasteiger partial charge is 0.324 e. The van der Waals surface area contributed by atoms with Crippen molar-refractivity contribution in [1.82, 2.24) is 24.7 Å². The van der Waals surface area contributed by atoms with Crippen LogP contribution in [0.2, 0.25) is 0 Å². The fourth-order valence-corrected chi connectivity index (χ4v) is 2.66. The van der Waals surface area contributed by atoms with Gasteiger partial charge in [-0.15, -0.1) is 0 Å². The highest BCUT2D eigenvalue weighted by Crippen LogP contribution is 2.15. The summed E-state index contributed by atoms with van der Waals surface area (Å²) >= 11 is 0. The molecule has 1 aliphatic rings. The van der Waals surface area contributed by atoms with Gasteiger partial charge in [0.25, 0.3) is 0 Å². The predicted octanol–water partition coefficient (Wildman–Crippen LogP) is 0.557. The van der Waals surface area contributed by atoms with Crippen molar-refractivity contribution in [3.63, 3.8) is 0 Å². The lowest BCUT2D eigenvalue weighted by atomic mass is 10.3. The fraction of sp³-hybridized carbons (Fsp3) is 0.400. The van der Waals surface area contributed by atoms with Gasteiger partial charge in [0.05, 0.1) is 24.1 Å². The van der Waals surface area contributed by atoms with E-state index in [1.807, 2.05) is 47.8 Å². The van der Waals surface area contributed by atoms with Crippen LogP contribution in [0.4, 0.5) is 4.79 Å². The molecule has 1 fully saturated rings. The first-order valence-electron chi connectivity index (χ1n) is 7.23. The van der Waals surface area contributed by atoms with E-state index in [1.54, 1.807) is 0 Å². The number of carbonyl (C=O) groups excluding carboxylic acids is 2. The normalized spacial score (nSPS) is 14.9. The Morgan fingerprint density at radius 3 is 2.86 bits per heavy atom. The Kier molecular flexibility index (Phi) is 3.81. The second kappa shape index (κ2) is 5.76. The summed E-state index contributed by atoms with van der Waals surface area (Å²) in [5.41, 5.74) is 2.01. The molecule has 1 aromatic heterocycles. The number of carbonyl (C=O) groups is 2. The average Bonchev–Trinajstić information content (AvgIpc) is 3.04. The number of nitrogens with one attached hydrogen (secondary N) is 1. The Bertz CT molecular complexity index is 724. The molecule has 7 nitrogen and oxygen atoms in total. The highest BCUT2D eigenvalue weighted by molar-refractivity contribution is 5.96. The molecular formula is C15H19N5O2. The van der Waals surface area contributed by atoms with Crippen LogP contribution in [0.3, 0.4) is 0 Å². The fourth-order valence-electron chi connectivity index (χ4n) is 2.66. The number of hydrogen-bond acceptors (Lipinski definition) is 4. The first kappa shape index (κ1) is 14.5. The van der Waals surface area contributed by atoms with Gasteiger partial charge in [-0.1, -0.05) is 12.1 Å². The number of fused-ring (bicyclic) bond motifs is 1. The van der Waals surface area contributed by atoms with Gasteiger partial charge in [-0.3, -0.25) is 14.6 Å². The minimum absolute atomic E-state index is 0.184. The van der Waals surface area contributed by atoms with Crippen molar-refractivity contribution in [3.05, 3.63) is 30.1 Å². The van der Waals surface area contributed by atoms with E-state index >= 15 is 0 Å². The molecule has 1 aliphatic heterocycles. The number of aromatic nitrogens is 2. The van der Waals surface area contributed by atoms with Gasteiger partial charge in [0.2, 0.25) is 5.91 Å². The van der Waals surface area contributed by atoms with Crippen LogP contribution in [-0.4, -0.2) is 58.0 Å². The lowest BCUT2D eigenvalue weighted by Crippen LogP contribution is -2.40. The standard InChI is InChI=1S/C15H19N5O2/c1-18(10-14(21)20-8-7-16-15(20)22)9-13-17-11-5-3-4-6-12(11)19(13)2/h3-6H,7-10H2,1-2H3,(H,16,22). The molecule has 3 rings (SSSR count). The number of imidazole rings is 1. The Hall–Kier alpha value is -2.41. The molecule has 2 aromatic rings. The molecule has 1 aromatic carbocycles. The number of rotatable bonds is 4. The van der Waals surface area contributed by atoms with Crippen molar-refractivity contribution in [2.24, 2.45) is 7.05 Å². The van der Waals surface area contributed by atoms with E-state index in [0.29, 0.717) is 19.6 Å². The van der Waals surface area contributed by atoms with Crippen molar-refractivity contribution in [3.8, 4) is 0 Å². The van der Waals surface area contributed by atoms with Gasteiger partial charge in [-0.2, -0.15) is 0 Å². The lowest BCUT2D eigenvalue weighted by molar-refractivity contribution is -0.128. The number of imide groups is 1. The number of para-hydroxylation sites is 2. The summed E-state index contributed by atoms with van der Waals surface area (Å²) in [5, 5.41) is 2.63. The molecule has 0 bridgehead atoms. The van der Waals surface area contributed by atoms with Crippen LogP contribution in [0.15, 0.2) is 24.3 Å². The predicted molar refractivity (Wildman–Crippen MR) is 82.2 cm³/mol. The number of nitrogens with zero attached hydrogens (tertiary/aromatic N) is 4.